The van der Waals surface area contributed by atoms with Gasteiger partial charge in [0.05, 0.1) is 11.6 Å². The van der Waals surface area contributed by atoms with Crippen molar-refractivity contribution in [3.8, 4) is 6.07 Å². The number of hydrogen-bond donors (Lipinski definition) is 1. The van der Waals surface area contributed by atoms with Gasteiger partial charge in [0.2, 0.25) is 5.91 Å². The summed E-state index contributed by atoms with van der Waals surface area (Å²) in [6, 6.07) is 8.13. The number of rotatable bonds is 3. The van der Waals surface area contributed by atoms with Gasteiger partial charge in [0.25, 0.3) is 5.91 Å². The van der Waals surface area contributed by atoms with Crippen molar-refractivity contribution < 1.29 is 14.4 Å². The molecule has 26 heavy (non-hydrogen) atoms. The van der Waals surface area contributed by atoms with Crippen LogP contribution in [0.3, 0.4) is 0 Å². The molecule has 1 aromatic carbocycles. The van der Waals surface area contributed by atoms with Gasteiger partial charge in [-0.1, -0.05) is 12.1 Å². The first kappa shape index (κ1) is 17.9. The fraction of sp³-hybridized carbons (Fsp3) is 0.474. The number of benzene rings is 1. The Balaban J connectivity index is 1.80. The maximum absolute atomic E-state index is 12.9. The number of piperidine rings is 1. The number of imide groups is 1. The topological polar surface area (TPSA) is 93.5 Å². The summed E-state index contributed by atoms with van der Waals surface area (Å²) in [6.07, 6.45) is 2.96. The standard InChI is InChI=1S/C19H22N4O3/c1-13-6-3-4-9-22(13)16(24)12-23-17(25)19(2,21-18(23)26)15-8-5-7-14(10-15)11-20/h5,7-8,10,13H,3-4,6,9,12H2,1-2H3,(H,21,26). The molecular weight excluding hydrogens is 332 g/mol. The molecule has 7 heteroatoms. The molecule has 3 rings (SSSR count). The molecule has 0 saturated carbocycles. The summed E-state index contributed by atoms with van der Waals surface area (Å²) < 4.78 is 0. The summed E-state index contributed by atoms with van der Waals surface area (Å²) in [4.78, 5) is 40.6. The lowest BCUT2D eigenvalue weighted by Crippen LogP contribution is -2.48. The van der Waals surface area contributed by atoms with Crippen LogP contribution in [-0.4, -0.2) is 46.8 Å². The highest BCUT2D eigenvalue weighted by molar-refractivity contribution is 6.09. The third kappa shape index (κ3) is 3.03. The zero-order valence-corrected chi connectivity index (χ0v) is 15.0. The molecular formula is C19H22N4O3. The Kier molecular flexibility index (Phi) is 4.68. The zero-order valence-electron chi connectivity index (χ0n) is 15.0. The normalized spacial score (nSPS) is 25.8. The van der Waals surface area contributed by atoms with Crippen molar-refractivity contribution in [2.75, 3.05) is 13.1 Å². The van der Waals surface area contributed by atoms with Gasteiger partial charge in [0.1, 0.15) is 12.1 Å². The van der Waals surface area contributed by atoms with Crippen LogP contribution in [0.5, 0.6) is 0 Å². The number of urea groups is 1. The van der Waals surface area contributed by atoms with E-state index < -0.39 is 17.5 Å². The van der Waals surface area contributed by atoms with Crippen molar-refractivity contribution in [1.29, 1.82) is 5.26 Å². The molecule has 2 fully saturated rings. The Bertz CT molecular complexity index is 800. The number of nitrogens with zero attached hydrogens (tertiary/aromatic N) is 3. The van der Waals surface area contributed by atoms with Crippen LogP contribution in [0.1, 0.15) is 44.2 Å². The summed E-state index contributed by atoms with van der Waals surface area (Å²) in [7, 11) is 0. The molecule has 2 heterocycles. The maximum Gasteiger partial charge on any atom is 0.325 e. The fourth-order valence-electron chi connectivity index (χ4n) is 3.63. The minimum absolute atomic E-state index is 0.121. The SMILES string of the molecule is CC1CCCCN1C(=O)CN1C(=O)NC(C)(c2cccc(C#N)c2)C1=O. The predicted octanol–water partition coefficient (Wildman–Crippen LogP) is 1.73. The van der Waals surface area contributed by atoms with Gasteiger partial charge < -0.3 is 10.2 Å². The van der Waals surface area contributed by atoms with Crippen LogP contribution in [0, 0.1) is 11.3 Å². The lowest BCUT2D eigenvalue weighted by Gasteiger charge is -2.34. The molecule has 0 radical (unpaired) electrons. The van der Waals surface area contributed by atoms with Gasteiger partial charge >= 0.3 is 6.03 Å². The Morgan fingerprint density at radius 3 is 2.85 bits per heavy atom. The number of carbonyl (C=O) groups is 3. The van der Waals surface area contributed by atoms with Gasteiger partial charge in [-0.2, -0.15) is 5.26 Å². The Hall–Kier alpha value is -2.88. The van der Waals surface area contributed by atoms with E-state index in [1.807, 2.05) is 13.0 Å². The highest BCUT2D eigenvalue weighted by Gasteiger charge is 2.50. The molecule has 2 atom stereocenters. The number of amides is 4. The fourth-order valence-corrected chi connectivity index (χ4v) is 3.63. The predicted molar refractivity (Wildman–Crippen MR) is 93.8 cm³/mol. The number of nitrogens with one attached hydrogen (secondary N) is 1. The van der Waals surface area contributed by atoms with Crippen LogP contribution in [-0.2, 0) is 15.1 Å². The Morgan fingerprint density at radius 1 is 1.38 bits per heavy atom. The lowest BCUT2D eigenvalue weighted by molar-refractivity contribution is -0.140. The van der Waals surface area contributed by atoms with Crippen molar-refractivity contribution >= 4 is 17.8 Å². The maximum atomic E-state index is 12.9. The van der Waals surface area contributed by atoms with Gasteiger partial charge in [-0.05, 0) is 50.8 Å². The molecule has 0 bridgehead atoms. The highest BCUT2D eigenvalue weighted by Crippen LogP contribution is 2.29. The minimum atomic E-state index is -1.28. The van der Waals surface area contributed by atoms with Gasteiger partial charge in [0, 0.05) is 12.6 Å². The van der Waals surface area contributed by atoms with Crippen LogP contribution in [0.25, 0.3) is 0 Å². The van der Waals surface area contributed by atoms with E-state index in [2.05, 4.69) is 5.32 Å². The second-order valence-electron chi connectivity index (χ2n) is 7.07. The molecule has 2 aliphatic heterocycles. The smallest absolute Gasteiger partial charge is 0.325 e. The van der Waals surface area contributed by atoms with Crippen molar-refractivity contribution in [1.82, 2.24) is 15.1 Å². The number of carbonyl (C=O) groups excluding carboxylic acids is 3. The van der Waals surface area contributed by atoms with E-state index >= 15 is 0 Å². The third-order valence-electron chi connectivity index (χ3n) is 5.26. The summed E-state index contributed by atoms with van der Waals surface area (Å²) in [5, 5.41) is 11.7. The van der Waals surface area contributed by atoms with Crippen molar-refractivity contribution in [3.63, 3.8) is 0 Å². The summed E-state index contributed by atoms with van der Waals surface area (Å²) in [5.41, 5.74) is -0.351. The number of hydrogen-bond acceptors (Lipinski definition) is 4. The van der Waals surface area contributed by atoms with E-state index in [1.165, 1.54) is 0 Å². The van der Waals surface area contributed by atoms with E-state index in [9.17, 15) is 14.4 Å². The first-order valence-electron chi connectivity index (χ1n) is 8.81. The summed E-state index contributed by atoms with van der Waals surface area (Å²) >= 11 is 0. The molecule has 2 aliphatic rings. The van der Waals surface area contributed by atoms with E-state index in [0.29, 0.717) is 17.7 Å². The molecule has 0 aliphatic carbocycles. The molecule has 0 spiro atoms. The largest absolute Gasteiger partial charge is 0.338 e. The molecule has 7 nitrogen and oxygen atoms in total. The lowest BCUT2D eigenvalue weighted by atomic mass is 9.91. The Morgan fingerprint density at radius 2 is 2.15 bits per heavy atom. The second-order valence-corrected chi connectivity index (χ2v) is 7.07. The van der Waals surface area contributed by atoms with Crippen LogP contribution in [0.15, 0.2) is 24.3 Å². The average molecular weight is 354 g/mol. The molecule has 0 aromatic heterocycles. The second kappa shape index (κ2) is 6.79. The summed E-state index contributed by atoms with van der Waals surface area (Å²) in [6.45, 7) is 3.98. The van der Waals surface area contributed by atoms with E-state index in [-0.39, 0.29) is 18.5 Å². The van der Waals surface area contributed by atoms with Crippen LogP contribution < -0.4 is 5.32 Å². The molecule has 1 aromatic rings. The van der Waals surface area contributed by atoms with Crippen LogP contribution in [0.4, 0.5) is 4.79 Å². The first-order chi connectivity index (χ1) is 12.4. The first-order valence-corrected chi connectivity index (χ1v) is 8.81. The van der Waals surface area contributed by atoms with E-state index in [1.54, 1.807) is 36.1 Å². The highest BCUT2D eigenvalue weighted by atomic mass is 16.2. The molecule has 1 N–H and O–H groups in total. The molecule has 2 saturated heterocycles. The molecule has 136 valence electrons. The van der Waals surface area contributed by atoms with Crippen LogP contribution >= 0.6 is 0 Å². The number of nitriles is 1. The average Bonchev–Trinajstić information content (AvgIpc) is 2.86. The van der Waals surface area contributed by atoms with Crippen molar-refractivity contribution in [2.24, 2.45) is 0 Å². The van der Waals surface area contributed by atoms with E-state index in [0.717, 1.165) is 24.2 Å². The van der Waals surface area contributed by atoms with Crippen molar-refractivity contribution in [3.05, 3.63) is 35.4 Å². The Labute approximate surface area is 152 Å². The summed E-state index contributed by atoms with van der Waals surface area (Å²) in [5.74, 6) is -0.689. The molecule has 2 unspecified atom stereocenters. The third-order valence-corrected chi connectivity index (χ3v) is 5.26. The minimum Gasteiger partial charge on any atom is -0.338 e. The van der Waals surface area contributed by atoms with Gasteiger partial charge in [-0.15, -0.1) is 0 Å². The van der Waals surface area contributed by atoms with Crippen LogP contribution in [0.2, 0.25) is 0 Å². The van der Waals surface area contributed by atoms with E-state index in [4.69, 9.17) is 5.26 Å². The quantitative estimate of drug-likeness (QED) is 0.837. The van der Waals surface area contributed by atoms with Crippen molar-refractivity contribution in [2.45, 2.75) is 44.7 Å². The number of likely N-dealkylation sites (tertiary alicyclic amines) is 1. The molecule has 4 amide bonds. The van der Waals surface area contributed by atoms with Gasteiger partial charge in [-0.3, -0.25) is 14.5 Å². The van der Waals surface area contributed by atoms with Gasteiger partial charge in [0.15, 0.2) is 0 Å². The monoisotopic (exact) mass is 354 g/mol. The zero-order chi connectivity index (χ0) is 18.9. The van der Waals surface area contributed by atoms with Gasteiger partial charge in [-0.25, -0.2) is 4.79 Å².